The summed E-state index contributed by atoms with van der Waals surface area (Å²) >= 11 is 2.12. The molecule has 6 nitrogen and oxygen atoms in total. The number of hydrogen-bond donors (Lipinski definition) is 1. The lowest BCUT2D eigenvalue weighted by molar-refractivity contribution is -0.164. The zero-order chi connectivity index (χ0) is 19.5. The summed E-state index contributed by atoms with van der Waals surface area (Å²) < 4.78 is 10.5. The predicted octanol–water partition coefficient (Wildman–Crippen LogP) is 2.31. The van der Waals surface area contributed by atoms with Gasteiger partial charge in [-0.25, -0.2) is 0 Å². The van der Waals surface area contributed by atoms with Crippen molar-refractivity contribution in [1.29, 1.82) is 0 Å². The minimum absolute atomic E-state index is 0.117. The monoisotopic (exact) mass is 475 g/mol. The van der Waals surface area contributed by atoms with Gasteiger partial charge in [0.15, 0.2) is 0 Å². The predicted molar refractivity (Wildman–Crippen MR) is 106 cm³/mol. The van der Waals surface area contributed by atoms with Crippen molar-refractivity contribution in [3.8, 4) is 0 Å². The van der Waals surface area contributed by atoms with E-state index in [4.69, 9.17) is 9.47 Å². The first kappa shape index (κ1) is 21.1. The maximum Gasteiger partial charge on any atom is 0.326 e. The Kier molecular flexibility index (Phi) is 7.04. The van der Waals surface area contributed by atoms with Gasteiger partial charge in [-0.05, 0) is 26.3 Å². The molecular weight excluding hydrogens is 449 g/mol. The normalized spacial score (nSPS) is 26.5. The van der Waals surface area contributed by atoms with Gasteiger partial charge in [0.05, 0.1) is 16.1 Å². The number of nitrogens with zero attached hydrogens (tertiary/aromatic N) is 1. The summed E-state index contributed by atoms with van der Waals surface area (Å²) in [4.78, 5) is 25.9. The fraction of sp³-hybridized carbons (Fsp3) is 0.579. The molecule has 0 unspecified atom stereocenters. The highest BCUT2D eigenvalue weighted by Crippen LogP contribution is 2.34. The second-order valence-electron chi connectivity index (χ2n) is 7.44. The Morgan fingerprint density at radius 3 is 2.38 bits per heavy atom. The van der Waals surface area contributed by atoms with Crippen molar-refractivity contribution in [1.82, 2.24) is 4.90 Å². The number of aliphatic hydroxyl groups excluding tert-OH is 1. The van der Waals surface area contributed by atoms with Crippen LogP contribution < -0.4 is 0 Å². The summed E-state index contributed by atoms with van der Waals surface area (Å²) in [5.74, 6) is -0.851. The van der Waals surface area contributed by atoms with Gasteiger partial charge in [0.2, 0.25) is 0 Å². The average Bonchev–Trinajstić information content (AvgIpc) is 2.76. The largest absolute Gasteiger partial charge is 0.464 e. The first-order valence-electron chi connectivity index (χ1n) is 8.58. The number of benzene rings is 1. The van der Waals surface area contributed by atoms with E-state index in [1.165, 1.54) is 6.92 Å². The SMILES string of the molecule is CC(=O)OC[C@@H]1[C@@H](I)[C@@H](O)[C@@H](C(=O)OC(C)(C)C)N1Cc1ccccc1. The van der Waals surface area contributed by atoms with Crippen molar-refractivity contribution in [2.24, 2.45) is 0 Å². The Labute approximate surface area is 168 Å². The van der Waals surface area contributed by atoms with Crippen LogP contribution >= 0.6 is 22.6 Å². The van der Waals surface area contributed by atoms with Crippen LogP contribution in [0.4, 0.5) is 0 Å². The van der Waals surface area contributed by atoms with Crippen LogP contribution in [0, 0.1) is 0 Å². The second-order valence-corrected chi connectivity index (χ2v) is 8.88. The molecule has 0 radical (unpaired) electrons. The van der Waals surface area contributed by atoms with Gasteiger partial charge in [-0.15, -0.1) is 0 Å². The van der Waals surface area contributed by atoms with Gasteiger partial charge in [0, 0.05) is 13.5 Å². The molecule has 1 aromatic rings. The summed E-state index contributed by atoms with van der Waals surface area (Å²) in [5, 5.41) is 10.7. The zero-order valence-corrected chi connectivity index (χ0v) is 17.7. The van der Waals surface area contributed by atoms with E-state index in [9.17, 15) is 14.7 Å². The molecule has 0 spiro atoms. The number of ether oxygens (including phenoxy) is 2. The van der Waals surface area contributed by atoms with Gasteiger partial charge in [-0.3, -0.25) is 14.5 Å². The van der Waals surface area contributed by atoms with Gasteiger partial charge in [0.25, 0.3) is 0 Å². The average molecular weight is 475 g/mol. The number of rotatable bonds is 5. The van der Waals surface area contributed by atoms with Crippen LogP contribution in [0.1, 0.15) is 33.3 Å². The molecule has 7 heteroatoms. The highest BCUT2D eigenvalue weighted by Gasteiger charge is 2.52. The molecular formula is C19H26INO5. The smallest absolute Gasteiger partial charge is 0.326 e. The van der Waals surface area contributed by atoms with Crippen molar-refractivity contribution in [2.45, 2.75) is 62.0 Å². The molecule has 1 aromatic carbocycles. The second kappa shape index (κ2) is 8.67. The molecule has 1 heterocycles. The number of hydrogen-bond acceptors (Lipinski definition) is 6. The van der Waals surface area contributed by atoms with Crippen LogP contribution in [-0.2, 0) is 25.6 Å². The van der Waals surface area contributed by atoms with Gasteiger partial charge >= 0.3 is 11.9 Å². The van der Waals surface area contributed by atoms with Crippen molar-refractivity contribution in [3.63, 3.8) is 0 Å². The molecule has 2 rings (SSSR count). The van der Waals surface area contributed by atoms with Crippen LogP contribution in [0.15, 0.2) is 30.3 Å². The quantitative estimate of drug-likeness (QED) is 0.400. The van der Waals surface area contributed by atoms with Gasteiger partial charge in [-0.2, -0.15) is 0 Å². The van der Waals surface area contributed by atoms with E-state index >= 15 is 0 Å². The summed E-state index contributed by atoms with van der Waals surface area (Å²) in [6.45, 7) is 7.31. The van der Waals surface area contributed by atoms with Crippen molar-refractivity contribution < 1.29 is 24.2 Å². The van der Waals surface area contributed by atoms with Gasteiger partial charge in [-0.1, -0.05) is 52.9 Å². The molecule has 1 N–H and O–H groups in total. The lowest BCUT2D eigenvalue weighted by Crippen LogP contribution is -2.47. The lowest BCUT2D eigenvalue weighted by Gasteiger charge is -2.31. The Morgan fingerprint density at radius 1 is 1.23 bits per heavy atom. The fourth-order valence-corrected chi connectivity index (χ4v) is 4.04. The molecule has 144 valence electrons. The van der Waals surface area contributed by atoms with E-state index in [0.717, 1.165) is 5.56 Å². The number of likely N-dealkylation sites (tertiary alicyclic amines) is 1. The van der Waals surface area contributed by atoms with E-state index in [-0.39, 0.29) is 22.5 Å². The van der Waals surface area contributed by atoms with Crippen LogP contribution in [0.25, 0.3) is 0 Å². The molecule has 1 fully saturated rings. The zero-order valence-electron chi connectivity index (χ0n) is 15.5. The molecule has 4 atom stereocenters. The van der Waals surface area contributed by atoms with Crippen LogP contribution in [0.3, 0.4) is 0 Å². The minimum atomic E-state index is -0.908. The van der Waals surface area contributed by atoms with E-state index in [0.29, 0.717) is 6.54 Å². The Hall–Kier alpha value is -1.19. The van der Waals surface area contributed by atoms with Gasteiger partial charge < -0.3 is 14.6 Å². The first-order valence-corrected chi connectivity index (χ1v) is 9.83. The maximum atomic E-state index is 12.8. The van der Waals surface area contributed by atoms with Crippen LogP contribution in [-0.4, -0.2) is 56.3 Å². The Morgan fingerprint density at radius 2 is 1.85 bits per heavy atom. The molecule has 0 saturated carbocycles. The Balaban J connectivity index is 2.29. The fourth-order valence-electron chi connectivity index (χ4n) is 3.02. The van der Waals surface area contributed by atoms with Crippen molar-refractivity contribution in [2.75, 3.05) is 6.61 Å². The number of esters is 2. The number of alkyl halides is 1. The number of aliphatic hydroxyl groups is 1. The topological polar surface area (TPSA) is 76.1 Å². The van der Waals surface area contributed by atoms with E-state index < -0.39 is 23.7 Å². The standard InChI is InChI=1S/C19H26INO5/c1-12(22)25-11-14-15(20)17(23)16(18(24)26-19(2,3)4)21(14)10-13-8-6-5-7-9-13/h5-9,14-17,23H,10-11H2,1-4H3/t14-,15-,16+,17-/m1/s1. The molecule has 0 amide bonds. The molecule has 0 bridgehead atoms. The Bertz CT molecular complexity index is 631. The third kappa shape index (κ3) is 5.40. The highest BCUT2D eigenvalue weighted by atomic mass is 127. The summed E-state index contributed by atoms with van der Waals surface area (Å²) in [5.41, 5.74) is 0.357. The summed E-state index contributed by atoms with van der Waals surface area (Å²) in [6.07, 6.45) is -0.908. The molecule has 26 heavy (non-hydrogen) atoms. The molecule has 1 aliphatic rings. The highest BCUT2D eigenvalue weighted by molar-refractivity contribution is 14.1. The van der Waals surface area contributed by atoms with Crippen molar-refractivity contribution in [3.05, 3.63) is 35.9 Å². The molecule has 0 aliphatic carbocycles. The molecule has 0 aromatic heterocycles. The number of carbonyl (C=O) groups excluding carboxylic acids is 2. The lowest BCUT2D eigenvalue weighted by atomic mass is 10.1. The molecule has 1 aliphatic heterocycles. The number of halogens is 1. The first-order chi connectivity index (χ1) is 12.1. The van der Waals surface area contributed by atoms with Gasteiger partial charge in [0.1, 0.15) is 18.2 Å². The maximum absolute atomic E-state index is 12.8. The van der Waals surface area contributed by atoms with E-state index in [2.05, 4.69) is 22.6 Å². The van der Waals surface area contributed by atoms with Crippen molar-refractivity contribution >= 4 is 34.5 Å². The van der Waals surface area contributed by atoms with Crippen LogP contribution in [0.2, 0.25) is 0 Å². The third-order valence-electron chi connectivity index (χ3n) is 4.11. The van der Waals surface area contributed by atoms with Crippen LogP contribution in [0.5, 0.6) is 0 Å². The minimum Gasteiger partial charge on any atom is -0.464 e. The summed E-state index contributed by atoms with van der Waals surface area (Å²) in [6, 6.07) is 8.60. The molecule has 1 saturated heterocycles. The number of carbonyl (C=O) groups is 2. The van der Waals surface area contributed by atoms with E-state index in [1.54, 1.807) is 20.8 Å². The third-order valence-corrected chi connectivity index (χ3v) is 5.68. The van der Waals surface area contributed by atoms with E-state index in [1.807, 2.05) is 35.2 Å². The summed E-state index contributed by atoms with van der Waals surface area (Å²) in [7, 11) is 0.